The van der Waals surface area contributed by atoms with E-state index in [2.05, 4.69) is 61.1 Å². The number of halogens is 3. The van der Waals surface area contributed by atoms with Crippen molar-refractivity contribution in [3.63, 3.8) is 0 Å². The molecule has 0 bridgehead atoms. The fraction of sp³-hybridized carbons (Fsp3) is 0.143. The highest BCUT2D eigenvalue weighted by Gasteiger charge is 2.03. The Labute approximate surface area is 101 Å². The summed E-state index contributed by atoms with van der Waals surface area (Å²) in [5, 5.41) is 10.1. The van der Waals surface area contributed by atoms with E-state index in [0.29, 0.717) is 5.75 Å². The highest BCUT2D eigenvalue weighted by molar-refractivity contribution is 14.1. The van der Waals surface area contributed by atoms with Crippen LogP contribution in [0.3, 0.4) is 0 Å². The fourth-order valence-electron chi connectivity index (χ4n) is 0.680. The van der Waals surface area contributed by atoms with Crippen LogP contribution in [-0.2, 0) is 5.33 Å². The lowest BCUT2D eigenvalue weighted by molar-refractivity contribution is 0.471. The molecule has 0 fully saturated rings. The highest BCUT2D eigenvalue weighted by Crippen LogP contribution is 2.26. The van der Waals surface area contributed by atoms with E-state index < -0.39 is 0 Å². The molecule has 4 heteroatoms. The summed E-state index contributed by atoms with van der Waals surface area (Å²) in [6.07, 6.45) is 0. The summed E-state index contributed by atoms with van der Waals surface area (Å²) >= 11 is 7.70. The first kappa shape index (κ1) is 10.0. The van der Waals surface area contributed by atoms with Crippen LogP contribution in [-0.4, -0.2) is 5.11 Å². The summed E-state index contributed by atoms with van der Waals surface area (Å²) in [4.78, 5) is 0. The SMILES string of the molecule is Oc1cc(I)c(CBr)cc1I. The first-order valence-corrected chi connectivity index (χ1v) is 6.16. The molecule has 0 saturated carbocycles. The zero-order chi connectivity index (χ0) is 8.43. The Bertz CT molecular complexity index is 275. The van der Waals surface area contributed by atoms with Crippen molar-refractivity contribution in [2.24, 2.45) is 0 Å². The van der Waals surface area contributed by atoms with Crippen LogP contribution in [0.15, 0.2) is 12.1 Å². The molecule has 1 aromatic rings. The van der Waals surface area contributed by atoms with Crippen molar-refractivity contribution in [3.05, 3.63) is 24.8 Å². The molecule has 0 spiro atoms. The van der Waals surface area contributed by atoms with Crippen LogP contribution in [0.25, 0.3) is 0 Å². The van der Waals surface area contributed by atoms with Gasteiger partial charge in [0.15, 0.2) is 0 Å². The van der Waals surface area contributed by atoms with Crippen LogP contribution in [0.2, 0.25) is 0 Å². The maximum Gasteiger partial charge on any atom is 0.129 e. The summed E-state index contributed by atoms with van der Waals surface area (Å²) in [6, 6.07) is 3.76. The molecule has 0 aliphatic heterocycles. The molecule has 0 unspecified atom stereocenters. The van der Waals surface area contributed by atoms with Gasteiger partial charge in [0.2, 0.25) is 0 Å². The number of aromatic hydroxyl groups is 1. The van der Waals surface area contributed by atoms with Crippen LogP contribution in [0, 0.1) is 7.14 Å². The lowest BCUT2D eigenvalue weighted by atomic mass is 10.2. The number of phenols is 1. The number of hydrogen-bond donors (Lipinski definition) is 1. The zero-order valence-corrected chi connectivity index (χ0v) is 11.3. The molecule has 60 valence electrons. The van der Waals surface area contributed by atoms with E-state index in [1.54, 1.807) is 6.07 Å². The minimum atomic E-state index is 0.361. The van der Waals surface area contributed by atoms with Crippen LogP contribution < -0.4 is 0 Å². The van der Waals surface area contributed by atoms with E-state index >= 15 is 0 Å². The molecular formula is C7H5BrI2O. The van der Waals surface area contributed by atoms with Crippen molar-refractivity contribution in [3.8, 4) is 5.75 Å². The van der Waals surface area contributed by atoms with E-state index in [-0.39, 0.29) is 0 Å². The first-order chi connectivity index (χ1) is 5.15. The molecule has 11 heavy (non-hydrogen) atoms. The van der Waals surface area contributed by atoms with Crippen LogP contribution in [0.5, 0.6) is 5.75 Å². The molecule has 0 aliphatic rings. The van der Waals surface area contributed by atoms with Crippen molar-refractivity contribution in [1.82, 2.24) is 0 Å². The minimum Gasteiger partial charge on any atom is -0.507 e. The van der Waals surface area contributed by atoms with Gasteiger partial charge in [-0.05, 0) is 62.9 Å². The van der Waals surface area contributed by atoms with Gasteiger partial charge in [-0.15, -0.1) is 0 Å². The quantitative estimate of drug-likeness (QED) is 0.525. The van der Waals surface area contributed by atoms with Gasteiger partial charge in [-0.3, -0.25) is 0 Å². The number of phenolic OH excluding ortho intramolecular Hbond substituents is 1. The van der Waals surface area contributed by atoms with Crippen molar-refractivity contribution >= 4 is 61.1 Å². The van der Waals surface area contributed by atoms with Crippen molar-refractivity contribution < 1.29 is 5.11 Å². The monoisotopic (exact) mass is 438 g/mol. The van der Waals surface area contributed by atoms with Crippen molar-refractivity contribution in [2.45, 2.75) is 5.33 Å². The smallest absolute Gasteiger partial charge is 0.129 e. The Morgan fingerprint density at radius 3 is 2.45 bits per heavy atom. The van der Waals surface area contributed by atoms with Gasteiger partial charge in [-0.1, -0.05) is 15.9 Å². The first-order valence-electron chi connectivity index (χ1n) is 2.88. The summed E-state index contributed by atoms with van der Waals surface area (Å²) in [6.45, 7) is 0. The maximum atomic E-state index is 9.29. The molecule has 0 aromatic heterocycles. The normalized spacial score (nSPS) is 10.1. The second-order valence-electron chi connectivity index (χ2n) is 2.03. The lowest BCUT2D eigenvalue weighted by Gasteiger charge is -2.02. The Hall–Kier alpha value is 0.960. The second-order valence-corrected chi connectivity index (χ2v) is 4.91. The Balaban J connectivity index is 3.21. The number of benzene rings is 1. The molecule has 1 N–H and O–H groups in total. The predicted octanol–water partition coefficient (Wildman–Crippen LogP) is 3.50. The predicted molar refractivity (Wildman–Crippen MR) is 66.2 cm³/mol. The lowest BCUT2D eigenvalue weighted by Crippen LogP contribution is -1.85. The fourth-order valence-corrected chi connectivity index (χ4v) is 2.84. The van der Waals surface area contributed by atoms with Gasteiger partial charge in [-0.2, -0.15) is 0 Å². The third kappa shape index (κ3) is 2.45. The Kier molecular flexibility index (Phi) is 3.90. The van der Waals surface area contributed by atoms with Crippen molar-refractivity contribution in [2.75, 3.05) is 0 Å². The summed E-state index contributed by atoms with van der Waals surface area (Å²) in [5.41, 5.74) is 1.22. The minimum absolute atomic E-state index is 0.361. The Morgan fingerprint density at radius 2 is 1.91 bits per heavy atom. The largest absolute Gasteiger partial charge is 0.507 e. The standard InChI is InChI=1S/C7H5BrI2O/c8-3-4-1-6(10)7(11)2-5(4)9/h1-2,11H,3H2. The molecule has 1 aromatic carbocycles. The van der Waals surface area contributed by atoms with Crippen LogP contribution in [0.1, 0.15) is 5.56 Å². The Morgan fingerprint density at radius 1 is 1.27 bits per heavy atom. The van der Waals surface area contributed by atoms with E-state index in [0.717, 1.165) is 12.5 Å². The van der Waals surface area contributed by atoms with Gasteiger partial charge in [0.25, 0.3) is 0 Å². The molecule has 1 rings (SSSR count). The van der Waals surface area contributed by atoms with Gasteiger partial charge < -0.3 is 5.11 Å². The molecule has 0 aliphatic carbocycles. The highest BCUT2D eigenvalue weighted by atomic mass is 127. The van der Waals surface area contributed by atoms with Crippen LogP contribution in [0.4, 0.5) is 0 Å². The molecule has 0 radical (unpaired) electrons. The number of alkyl halides is 1. The third-order valence-electron chi connectivity index (χ3n) is 1.26. The number of rotatable bonds is 1. The summed E-state index contributed by atoms with van der Waals surface area (Å²) in [5.74, 6) is 0.361. The van der Waals surface area contributed by atoms with E-state index in [1.807, 2.05) is 6.07 Å². The average Bonchev–Trinajstić information content (AvgIpc) is 1.97. The van der Waals surface area contributed by atoms with Gasteiger partial charge in [0.1, 0.15) is 5.75 Å². The van der Waals surface area contributed by atoms with Gasteiger partial charge in [0.05, 0.1) is 3.57 Å². The van der Waals surface area contributed by atoms with Gasteiger partial charge in [0, 0.05) is 8.90 Å². The molecule has 1 nitrogen and oxygen atoms in total. The van der Waals surface area contributed by atoms with Crippen molar-refractivity contribution in [1.29, 1.82) is 0 Å². The number of hydrogen-bond acceptors (Lipinski definition) is 1. The summed E-state index contributed by atoms with van der Waals surface area (Å²) < 4.78 is 2.00. The molecular weight excluding hydrogens is 434 g/mol. The van der Waals surface area contributed by atoms with Gasteiger partial charge >= 0.3 is 0 Å². The second kappa shape index (κ2) is 4.27. The molecule has 0 saturated heterocycles. The van der Waals surface area contributed by atoms with E-state index in [1.165, 1.54) is 5.56 Å². The zero-order valence-electron chi connectivity index (χ0n) is 5.44. The van der Waals surface area contributed by atoms with Crippen LogP contribution >= 0.6 is 61.1 Å². The average molecular weight is 439 g/mol. The molecule has 0 atom stereocenters. The third-order valence-corrected chi connectivity index (χ3v) is 3.73. The topological polar surface area (TPSA) is 20.2 Å². The van der Waals surface area contributed by atoms with E-state index in [4.69, 9.17) is 0 Å². The molecule has 0 heterocycles. The maximum absolute atomic E-state index is 9.29. The van der Waals surface area contributed by atoms with E-state index in [9.17, 15) is 5.11 Å². The summed E-state index contributed by atoms with van der Waals surface area (Å²) in [7, 11) is 0. The van der Waals surface area contributed by atoms with Gasteiger partial charge in [-0.25, -0.2) is 0 Å². The molecule has 0 amide bonds.